The lowest BCUT2D eigenvalue weighted by Gasteiger charge is -2.62. The molecule has 1 atom stereocenters. The van der Waals surface area contributed by atoms with Gasteiger partial charge in [0.2, 0.25) is 0 Å². The number of amides is 1. The van der Waals surface area contributed by atoms with Gasteiger partial charge in [0, 0.05) is 25.7 Å². The van der Waals surface area contributed by atoms with Crippen molar-refractivity contribution in [2.75, 3.05) is 27.2 Å². The van der Waals surface area contributed by atoms with E-state index in [4.69, 9.17) is 4.74 Å². The molecular formula is C18H30N2O3S. The Balaban J connectivity index is 1.23. The highest BCUT2D eigenvalue weighted by Gasteiger charge is 2.58. The fraction of sp³-hybridized carbons (Fsp3) is 0.944. The number of carbonyl (C=O) groups is 1. The fourth-order valence-electron chi connectivity index (χ4n) is 5.29. The van der Waals surface area contributed by atoms with Gasteiger partial charge in [-0.3, -0.25) is 0 Å². The lowest BCUT2D eigenvalue weighted by molar-refractivity contribution is -0.0846. The SMILES string of the molecule is COC(=O)N(C)C1(C)CC(S(=O)N2CC3(CC(C4CCC4)C3)C2)C1. The number of carbonyl (C=O) groups excluding carboxylic acids is 1. The Kier molecular flexibility index (Phi) is 3.99. The topological polar surface area (TPSA) is 49.9 Å². The first-order valence-corrected chi connectivity index (χ1v) is 10.5. The maximum Gasteiger partial charge on any atom is 0.409 e. The molecule has 5 nitrogen and oxygen atoms in total. The van der Waals surface area contributed by atoms with E-state index in [1.54, 1.807) is 11.9 Å². The zero-order valence-corrected chi connectivity index (χ0v) is 15.9. The maximum atomic E-state index is 12.8. The first kappa shape index (κ1) is 16.8. The van der Waals surface area contributed by atoms with Crippen molar-refractivity contribution < 1.29 is 13.7 Å². The lowest BCUT2D eigenvalue weighted by Crippen LogP contribution is -2.67. The number of ether oxygens (including phenoxy) is 1. The molecule has 6 heteroatoms. The predicted octanol–water partition coefficient (Wildman–Crippen LogP) is 2.78. The van der Waals surface area contributed by atoms with Crippen LogP contribution in [0.25, 0.3) is 0 Å². The highest BCUT2D eigenvalue weighted by molar-refractivity contribution is 7.83. The Morgan fingerprint density at radius 3 is 2.29 bits per heavy atom. The van der Waals surface area contributed by atoms with E-state index < -0.39 is 11.0 Å². The molecule has 0 aromatic heterocycles. The Labute approximate surface area is 147 Å². The molecule has 3 aliphatic carbocycles. The standard InChI is InChI=1S/C18H30N2O3S/c1-17(19(2)16(21)23-3)9-15(10-17)24(22)20-11-18(12-20)7-14(8-18)13-5-4-6-13/h13-15H,4-12H2,1-3H3. The van der Waals surface area contributed by atoms with Crippen LogP contribution in [0, 0.1) is 17.3 Å². The molecule has 4 aliphatic rings. The van der Waals surface area contributed by atoms with Gasteiger partial charge in [0.25, 0.3) is 0 Å². The van der Waals surface area contributed by atoms with Gasteiger partial charge in [-0.05, 0) is 49.9 Å². The molecule has 0 aromatic carbocycles. The summed E-state index contributed by atoms with van der Waals surface area (Å²) < 4.78 is 19.8. The summed E-state index contributed by atoms with van der Waals surface area (Å²) in [5.41, 5.74) is 0.299. The van der Waals surface area contributed by atoms with Gasteiger partial charge in [-0.25, -0.2) is 13.3 Å². The van der Waals surface area contributed by atoms with Gasteiger partial charge in [0.05, 0.1) is 23.3 Å². The zero-order chi connectivity index (χ0) is 17.1. The van der Waals surface area contributed by atoms with Gasteiger partial charge >= 0.3 is 6.09 Å². The quantitative estimate of drug-likeness (QED) is 0.780. The molecule has 1 amide bonds. The first-order valence-electron chi connectivity index (χ1n) is 9.33. The molecule has 0 radical (unpaired) electrons. The Morgan fingerprint density at radius 2 is 1.79 bits per heavy atom. The Morgan fingerprint density at radius 1 is 1.17 bits per heavy atom. The van der Waals surface area contributed by atoms with E-state index in [0.717, 1.165) is 37.8 Å². The molecule has 24 heavy (non-hydrogen) atoms. The van der Waals surface area contributed by atoms with Crippen LogP contribution < -0.4 is 0 Å². The van der Waals surface area contributed by atoms with E-state index in [0.29, 0.717) is 5.41 Å². The van der Waals surface area contributed by atoms with Crippen molar-refractivity contribution in [2.24, 2.45) is 17.3 Å². The molecule has 4 rings (SSSR count). The van der Waals surface area contributed by atoms with Crippen LogP contribution in [-0.2, 0) is 15.7 Å². The van der Waals surface area contributed by atoms with Crippen LogP contribution in [0.1, 0.15) is 51.9 Å². The van der Waals surface area contributed by atoms with E-state index >= 15 is 0 Å². The van der Waals surface area contributed by atoms with Gasteiger partial charge in [0.15, 0.2) is 0 Å². The number of hydrogen-bond acceptors (Lipinski definition) is 3. The summed E-state index contributed by atoms with van der Waals surface area (Å²) in [6, 6.07) is 0. The van der Waals surface area contributed by atoms with Crippen molar-refractivity contribution in [2.45, 2.75) is 62.7 Å². The van der Waals surface area contributed by atoms with Crippen LogP contribution in [0.4, 0.5) is 4.79 Å². The molecule has 4 fully saturated rings. The molecule has 1 spiro atoms. The van der Waals surface area contributed by atoms with Crippen LogP contribution in [-0.4, -0.2) is 57.5 Å². The van der Waals surface area contributed by atoms with Gasteiger partial charge < -0.3 is 9.64 Å². The molecule has 1 aliphatic heterocycles. The maximum absolute atomic E-state index is 12.8. The van der Waals surface area contributed by atoms with Crippen LogP contribution in [0.2, 0.25) is 0 Å². The van der Waals surface area contributed by atoms with Gasteiger partial charge in [-0.15, -0.1) is 0 Å². The van der Waals surface area contributed by atoms with Gasteiger partial charge in [-0.2, -0.15) is 0 Å². The highest BCUT2D eigenvalue weighted by atomic mass is 32.2. The average Bonchev–Trinajstić information content (AvgIpc) is 2.40. The van der Waals surface area contributed by atoms with E-state index in [2.05, 4.69) is 11.2 Å². The zero-order valence-electron chi connectivity index (χ0n) is 15.1. The summed E-state index contributed by atoms with van der Waals surface area (Å²) in [7, 11) is 2.30. The third kappa shape index (κ3) is 2.52. The highest BCUT2D eigenvalue weighted by Crippen LogP contribution is 2.58. The van der Waals surface area contributed by atoms with Crippen LogP contribution in [0.5, 0.6) is 0 Å². The third-order valence-corrected chi connectivity index (χ3v) is 9.03. The molecule has 0 aromatic rings. The minimum Gasteiger partial charge on any atom is -0.453 e. The van der Waals surface area contributed by atoms with Gasteiger partial charge in [-0.1, -0.05) is 19.3 Å². The second-order valence-electron chi connectivity index (χ2n) is 8.99. The third-order valence-electron chi connectivity index (χ3n) is 7.36. The van der Waals surface area contributed by atoms with Crippen molar-refractivity contribution in [3.8, 4) is 0 Å². The minimum atomic E-state index is -0.884. The van der Waals surface area contributed by atoms with Crippen molar-refractivity contribution in [1.82, 2.24) is 9.21 Å². The molecule has 0 bridgehead atoms. The summed E-state index contributed by atoms with van der Waals surface area (Å²) in [5, 5.41) is 0.196. The van der Waals surface area contributed by atoms with E-state index in [1.807, 2.05) is 0 Å². The van der Waals surface area contributed by atoms with Crippen LogP contribution in [0.15, 0.2) is 0 Å². The van der Waals surface area contributed by atoms with Crippen LogP contribution in [0.3, 0.4) is 0 Å². The predicted molar refractivity (Wildman–Crippen MR) is 93.8 cm³/mol. The number of methoxy groups -OCH3 is 1. The second kappa shape index (κ2) is 5.70. The van der Waals surface area contributed by atoms with Crippen molar-refractivity contribution in [3.63, 3.8) is 0 Å². The van der Waals surface area contributed by atoms with E-state index in [-0.39, 0.29) is 16.9 Å². The monoisotopic (exact) mass is 354 g/mol. The number of hydrogen-bond donors (Lipinski definition) is 0. The van der Waals surface area contributed by atoms with Crippen LogP contribution >= 0.6 is 0 Å². The smallest absolute Gasteiger partial charge is 0.409 e. The molecule has 136 valence electrons. The number of rotatable bonds is 4. The van der Waals surface area contributed by atoms with Crippen molar-refractivity contribution in [1.29, 1.82) is 0 Å². The lowest BCUT2D eigenvalue weighted by atomic mass is 9.52. The Hall–Kier alpha value is -0.620. The minimum absolute atomic E-state index is 0.196. The summed E-state index contributed by atoms with van der Waals surface area (Å²) in [5.74, 6) is 1.98. The second-order valence-corrected chi connectivity index (χ2v) is 10.7. The summed E-state index contributed by atoms with van der Waals surface area (Å²) >= 11 is 0. The molecule has 1 unspecified atom stereocenters. The molecule has 3 saturated carbocycles. The van der Waals surface area contributed by atoms with Crippen molar-refractivity contribution in [3.05, 3.63) is 0 Å². The fourth-order valence-corrected chi connectivity index (χ4v) is 7.52. The molecule has 1 heterocycles. The summed E-state index contributed by atoms with van der Waals surface area (Å²) in [6.45, 7) is 4.12. The normalized spacial score (nSPS) is 36.9. The molecule has 1 saturated heterocycles. The van der Waals surface area contributed by atoms with Gasteiger partial charge in [0.1, 0.15) is 0 Å². The first-order chi connectivity index (χ1) is 11.4. The molecule has 0 N–H and O–H groups in total. The van der Waals surface area contributed by atoms with E-state index in [9.17, 15) is 9.00 Å². The summed E-state index contributed by atoms with van der Waals surface area (Å²) in [4.78, 5) is 13.4. The van der Waals surface area contributed by atoms with Crippen molar-refractivity contribution >= 4 is 17.1 Å². The average molecular weight is 355 g/mol. The summed E-state index contributed by atoms with van der Waals surface area (Å²) in [6.07, 6.45) is 8.39. The number of nitrogens with zero attached hydrogens (tertiary/aromatic N) is 2. The largest absolute Gasteiger partial charge is 0.453 e. The van der Waals surface area contributed by atoms with E-state index in [1.165, 1.54) is 39.2 Å². The molecular weight excluding hydrogens is 324 g/mol. The Bertz CT molecular complexity index is 542.